The summed E-state index contributed by atoms with van der Waals surface area (Å²) in [5, 5.41) is 0. The summed E-state index contributed by atoms with van der Waals surface area (Å²) in [7, 11) is 3.46. The van der Waals surface area contributed by atoms with Crippen LogP contribution in [0.15, 0.2) is 101 Å². The third-order valence-corrected chi connectivity index (χ3v) is 10.5. The van der Waals surface area contributed by atoms with Gasteiger partial charge in [-0.15, -0.1) is 11.8 Å². The maximum absolute atomic E-state index is 14.3. The van der Waals surface area contributed by atoms with Crippen molar-refractivity contribution in [2.24, 2.45) is 0 Å². The van der Waals surface area contributed by atoms with Crippen LogP contribution in [0.1, 0.15) is 50.6 Å². The van der Waals surface area contributed by atoms with Gasteiger partial charge in [0.2, 0.25) is 0 Å². The number of Topliss-reactive ketones (excluding diaryl/α,β-unsaturated/α-hetero) is 1. The molecule has 8 heteroatoms. The van der Waals surface area contributed by atoms with Crippen molar-refractivity contribution in [2.75, 3.05) is 50.3 Å². The molecule has 0 N–H and O–H groups in total. The van der Waals surface area contributed by atoms with Crippen molar-refractivity contribution in [2.45, 2.75) is 52.5 Å². The van der Waals surface area contributed by atoms with E-state index in [4.69, 9.17) is 9.47 Å². The van der Waals surface area contributed by atoms with E-state index in [-0.39, 0.29) is 5.78 Å². The third kappa shape index (κ3) is 6.37. The van der Waals surface area contributed by atoms with Gasteiger partial charge < -0.3 is 19.3 Å². The number of imidazole rings is 1. The van der Waals surface area contributed by atoms with Gasteiger partial charge in [-0.1, -0.05) is 62.4 Å². The number of ether oxygens (including phenoxy) is 2. The Morgan fingerprint density at radius 3 is 2.19 bits per heavy atom. The molecule has 7 nitrogen and oxygen atoms in total. The second-order valence-electron chi connectivity index (χ2n) is 12.4. The number of para-hydroxylation sites is 4. The van der Waals surface area contributed by atoms with Crippen molar-refractivity contribution < 1.29 is 18.8 Å². The lowest BCUT2D eigenvalue weighted by Crippen LogP contribution is -2.39. The van der Waals surface area contributed by atoms with Crippen molar-refractivity contribution in [3.8, 4) is 0 Å². The highest BCUT2D eigenvalue weighted by molar-refractivity contribution is 8.02. The first-order chi connectivity index (χ1) is 23.4. The molecule has 0 bridgehead atoms. The van der Waals surface area contributed by atoms with Crippen molar-refractivity contribution in [1.29, 1.82) is 0 Å². The average molecular weight is 664 g/mol. The fourth-order valence-corrected chi connectivity index (χ4v) is 7.82. The fraction of sp³-hybridized carbons (Fsp3) is 0.350. The van der Waals surface area contributed by atoms with Crippen LogP contribution >= 0.6 is 11.8 Å². The smallest absolute Gasteiger partial charge is 0.283 e. The van der Waals surface area contributed by atoms with Gasteiger partial charge in [0.15, 0.2) is 16.8 Å². The molecular weight excluding hydrogens is 617 g/mol. The Bertz CT molecular complexity index is 1890. The summed E-state index contributed by atoms with van der Waals surface area (Å²) in [6.07, 6.45) is 4.22. The minimum atomic E-state index is 0.0741. The highest BCUT2D eigenvalue weighted by Crippen LogP contribution is 2.46. The maximum Gasteiger partial charge on any atom is 0.283 e. The number of hydrogen-bond acceptors (Lipinski definition) is 6. The lowest BCUT2D eigenvalue weighted by atomic mass is 9.89. The second kappa shape index (κ2) is 15.0. The number of fused-ring (bicyclic) bond motifs is 2. The van der Waals surface area contributed by atoms with E-state index in [0.717, 1.165) is 68.9 Å². The van der Waals surface area contributed by atoms with Crippen molar-refractivity contribution in [1.82, 2.24) is 4.57 Å². The number of hydrogen-bond donors (Lipinski definition) is 0. The van der Waals surface area contributed by atoms with Crippen LogP contribution in [-0.2, 0) is 33.1 Å². The molecule has 1 aliphatic heterocycles. The first-order valence-corrected chi connectivity index (χ1v) is 18.0. The van der Waals surface area contributed by atoms with Crippen LogP contribution < -0.4 is 14.4 Å². The van der Waals surface area contributed by atoms with E-state index in [1.165, 1.54) is 11.1 Å². The molecule has 1 aliphatic carbocycles. The van der Waals surface area contributed by atoms with E-state index in [0.29, 0.717) is 32.2 Å². The van der Waals surface area contributed by atoms with Gasteiger partial charge in [0.25, 0.3) is 5.82 Å². The highest BCUT2D eigenvalue weighted by atomic mass is 32.2. The minimum Gasteiger partial charge on any atom is -0.383 e. The number of carbonyl (C=O) groups excluding carboxylic acids is 1. The minimum absolute atomic E-state index is 0.0741. The van der Waals surface area contributed by atoms with Gasteiger partial charge in [0, 0.05) is 55.2 Å². The van der Waals surface area contributed by atoms with E-state index in [1.807, 2.05) is 0 Å². The number of benzene rings is 3. The van der Waals surface area contributed by atoms with E-state index in [1.54, 1.807) is 26.0 Å². The van der Waals surface area contributed by atoms with Crippen LogP contribution in [0.5, 0.6) is 0 Å². The molecule has 0 atom stereocenters. The van der Waals surface area contributed by atoms with E-state index < -0.39 is 0 Å². The normalized spacial score (nSPS) is 16.3. The summed E-state index contributed by atoms with van der Waals surface area (Å²) in [6, 6.07) is 25.8. The standard InChI is InChI=1S/C40H47N4O3S/c1-7-41-33-13-9-11-15-35(33)43(21-23-46-5)37(41)25-31-39(45)32(40(31)48-27-29-17-19-30(20-18-29)28(3)4)26-38-42(8-2)34-14-10-12-16-36(34)44(38)22-24-47-6/h9-20,25-26,28H,7-8,21-24,27H2,1-6H3/q+1. The molecule has 0 amide bonds. The topological polar surface area (TPSA) is 50.8 Å². The largest absolute Gasteiger partial charge is 0.383 e. The van der Waals surface area contributed by atoms with Crippen LogP contribution in [0, 0.1) is 0 Å². The molecule has 2 heterocycles. The van der Waals surface area contributed by atoms with Gasteiger partial charge in [-0.05, 0) is 61.2 Å². The molecule has 3 aromatic carbocycles. The Hall–Kier alpha value is -4.11. The molecule has 0 fully saturated rings. The fourth-order valence-electron chi connectivity index (χ4n) is 6.70. The van der Waals surface area contributed by atoms with Gasteiger partial charge in [0.05, 0.1) is 31.1 Å². The molecule has 4 aromatic rings. The lowest BCUT2D eigenvalue weighted by Gasteiger charge is -2.28. The summed E-state index contributed by atoms with van der Waals surface area (Å²) in [5.41, 5.74) is 8.66. The first kappa shape index (κ1) is 33.8. The molecule has 48 heavy (non-hydrogen) atoms. The zero-order valence-corrected chi connectivity index (χ0v) is 29.8. The Morgan fingerprint density at radius 2 is 1.52 bits per heavy atom. The van der Waals surface area contributed by atoms with Gasteiger partial charge in [-0.25, -0.2) is 9.13 Å². The molecule has 2 aliphatic rings. The monoisotopic (exact) mass is 663 g/mol. The molecule has 0 saturated carbocycles. The number of ketones is 1. The van der Waals surface area contributed by atoms with Crippen molar-refractivity contribution in [3.05, 3.63) is 118 Å². The second-order valence-corrected chi connectivity index (χ2v) is 13.4. The zero-order valence-electron chi connectivity index (χ0n) is 29.0. The molecule has 0 unspecified atom stereocenters. The highest BCUT2D eigenvalue weighted by Gasteiger charge is 2.38. The summed E-state index contributed by atoms with van der Waals surface area (Å²) in [6.45, 7) is 12.9. The third-order valence-electron chi connectivity index (χ3n) is 9.26. The van der Waals surface area contributed by atoms with Crippen LogP contribution in [0.2, 0.25) is 0 Å². The predicted molar refractivity (Wildman–Crippen MR) is 198 cm³/mol. The number of methoxy groups -OCH3 is 2. The summed E-state index contributed by atoms with van der Waals surface area (Å²) in [4.78, 5) is 19.9. The SMILES string of the molecule is CCN1C(=CC2=C(SCc3ccc(C(C)C)cc3)C(=Cc3n(CC)c4ccccc4[n+]3CCOC)C2=O)N(CCOC)c2ccccc21. The van der Waals surface area contributed by atoms with E-state index >= 15 is 0 Å². The predicted octanol–water partition coefficient (Wildman–Crippen LogP) is 7.71. The van der Waals surface area contributed by atoms with Crippen LogP contribution in [0.25, 0.3) is 17.1 Å². The number of carbonyl (C=O) groups is 1. The quantitative estimate of drug-likeness (QED) is 0.102. The van der Waals surface area contributed by atoms with E-state index in [9.17, 15) is 4.79 Å². The molecule has 0 radical (unpaired) electrons. The molecule has 1 aromatic heterocycles. The molecule has 0 spiro atoms. The molecule has 6 rings (SSSR count). The molecule has 250 valence electrons. The number of rotatable bonds is 14. The first-order valence-electron chi connectivity index (χ1n) is 17.0. The molecule has 0 saturated heterocycles. The van der Waals surface area contributed by atoms with E-state index in [2.05, 4.69) is 132 Å². The van der Waals surface area contributed by atoms with Gasteiger partial charge in [0.1, 0.15) is 12.4 Å². The van der Waals surface area contributed by atoms with Gasteiger partial charge >= 0.3 is 0 Å². The van der Waals surface area contributed by atoms with Gasteiger partial charge in [-0.3, -0.25) is 4.79 Å². The lowest BCUT2D eigenvalue weighted by molar-refractivity contribution is -0.675. The van der Waals surface area contributed by atoms with Crippen LogP contribution in [0.3, 0.4) is 0 Å². The van der Waals surface area contributed by atoms with Crippen molar-refractivity contribution >= 4 is 46.0 Å². The average Bonchev–Trinajstić information content (AvgIpc) is 3.58. The van der Waals surface area contributed by atoms with Crippen LogP contribution in [0.4, 0.5) is 11.4 Å². The number of aryl methyl sites for hydroxylation is 1. The number of allylic oxidation sites excluding steroid dienone is 3. The Kier molecular flexibility index (Phi) is 10.5. The number of thioether (sulfide) groups is 1. The van der Waals surface area contributed by atoms with Crippen LogP contribution in [-0.4, -0.2) is 50.9 Å². The number of aromatic nitrogens is 2. The Balaban J connectivity index is 1.47. The summed E-state index contributed by atoms with van der Waals surface area (Å²) < 4.78 is 15.6. The summed E-state index contributed by atoms with van der Waals surface area (Å²) >= 11 is 1.75. The van der Waals surface area contributed by atoms with Gasteiger partial charge in [-0.2, -0.15) is 0 Å². The zero-order chi connectivity index (χ0) is 33.8. The Morgan fingerprint density at radius 1 is 0.833 bits per heavy atom. The summed E-state index contributed by atoms with van der Waals surface area (Å²) in [5.74, 6) is 3.35. The maximum atomic E-state index is 14.3. The molecular formula is C40H47N4O3S+. The Labute approximate surface area is 289 Å². The number of anilines is 2. The number of nitrogens with zero attached hydrogens (tertiary/aromatic N) is 4. The van der Waals surface area contributed by atoms with Crippen molar-refractivity contribution in [3.63, 3.8) is 0 Å².